The summed E-state index contributed by atoms with van der Waals surface area (Å²) >= 11 is 1.36. The molecule has 130 valence electrons. The molecule has 2 N–H and O–H groups in total. The van der Waals surface area contributed by atoms with Crippen LogP contribution < -0.4 is 11.3 Å². The molecule has 25 heavy (non-hydrogen) atoms. The van der Waals surface area contributed by atoms with E-state index in [9.17, 15) is 9.59 Å². The SMILES string of the molecule is COC1=CC(=Cc2c(N)n3nc(CC(C)C)sc3nc2=O)C=CC1=O. The van der Waals surface area contributed by atoms with Crippen molar-refractivity contribution < 1.29 is 9.53 Å². The topological polar surface area (TPSA) is 99.6 Å². The van der Waals surface area contributed by atoms with Gasteiger partial charge >= 0.3 is 0 Å². The largest absolute Gasteiger partial charge is 0.493 e. The van der Waals surface area contributed by atoms with E-state index in [2.05, 4.69) is 23.9 Å². The Bertz CT molecular complexity index is 995. The number of allylic oxidation sites excluding steroid dienone is 4. The number of nitrogens with zero attached hydrogens (tertiary/aromatic N) is 3. The van der Waals surface area contributed by atoms with Crippen LogP contribution in [-0.4, -0.2) is 27.5 Å². The molecule has 2 heterocycles. The van der Waals surface area contributed by atoms with E-state index in [1.54, 1.807) is 18.2 Å². The molecule has 0 spiro atoms. The molecule has 0 saturated heterocycles. The molecule has 0 aromatic carbocycles. The van der Waals surface area contributed by atoms with Crippen molar-refractivity contribution in [2.75, 3.05) is 12.8 Å². The van der Waals surface area contributed by atoms with Crippen LogP contribution >= 0.6 is 11.3 Å². The molecule has 0 radical (unpaired) electrons. The highest BCUT2D eigenvalue weighted by Gasteiger charge is 2.16. The van der Waals surface area contributed by atoms with E-state index in [1.807, 2.05) is 0 Å². The molecule has 0 amide bonds. The second-order valence-corrected chi connectivity index (χ2v) is 7.10. The predicted molar refractivity (Wildman–Crippen MR) is 97.3 cm³/mol. The first-order chi connectivity index (χ1) is 11.9. The lowest BCUT2D eigenvalue weighted by Crippen LogP contribution is -2.17. The average Bonchev–Trinajstić information content (AvgIpc) is 2.94. The average molecular weight is 358 g/mol. The lowest BCUT2D eigenvalue weighted by molar-refractivity contribution is -0.114. The third kappa shape index (κ3) is 3.39. The van der Waals surface area contributed by atoms with Crippen LogP contribution in [0.1, 0.15) is 24.4 Å². The van der Waals surface area contributed by atoms with Crippen molar-refractivity contribution in [3.8, 4) is 0 Å². The summed E-state index contributed by atoms with van der Waals surface area (Å²) in [4.78, 5) is 28.5. The molecular weight excluding hydrogens is 340 g/mol. The molecular formula is C17H18N4O3S. The molecule has 1 aliphatic rings. The summed E-state index contributed by atoms with van der Waals surface area (Å²) in [7, 11) is 1.42. The van der Waals surface area contributed by atoms with Crippen molar-refractivity contribution in [1.29, 1.82) is 0 Å². The van der Waals surface area contributed by atoms with Gasteiger partial charge in [-0.05, 0) is 29.7 Å². The van der Waals surface area contributed by atoms with E-state index in [-0.39, 0.29) is 22.9 Å². The van der Waals surface area contributed by atoms with Crippen molar-refractivity contribution in [3.63, 3.8) is 0 Å². The number of aromatic nitrogens is 3. The van der Waals surface area contributed by atoms with Crippen molar-refractivity contribution >= 4 is 34.0 Å². The van der Waals surface area contributed by atoms with Crippen molar-refractivity contribution in [2.24, 2.45) is 5.92 Å². The maximum Gasteiger partial charge on any atom is 0.283 e. The number of rotatable bonds is 4. The summed E-state index contributed by atoms with van der Waals surface area (Å²) in [5, 5.41) is 5.34. The van der Waals surface area contributed by atoms with E-state index in [0.717, 1.165) is 11.4 Å². The maximum atomic E-state index is 12.4. The van der Waals surface area contributed by atoms with Crippen LogP contribution in [0.3, 0.4) is 0 Å². The summed E-state index contributed by atoms with van der Waals surface area (Å²) < 4.78 is 6.52. The summed E-state index contributed by atoms with van der Waals surface area (Å²) in [6, 6.07) is 0. The zero-order valence-corrected chi connectivity index (χ0v) is 15.0. The maximum absolute atomic E-state index is 12.4. The Morgan fingerprint density at radius 1 is 1.36 bits per heavy atom. The molecule has 3 rings (SSSR count). The van der Waals surface area contributed by atoms with Gasteiger partial charge in [0.05, 0.1) is 12.7 Å². The normalized spacial score (nSPS) is 16.1. The molecule has 0 saturated carbocycles. The smallest absolute Gasteiger partial charge is 0.283 e. The fourth-order valence-corrected chi connectivity index (χ4v) is 3.53. The van der Waals surface area contributed by atoms with Crippen LogP contribution in [0.5, 0.6) is 0 Å². The Morgan fingerprint density at radius 3 is 2.80 bits per heavy atom. The highest BCUT2D eigenvalue weighted by Crippen LogP contribution is 2.22. The van der Waals surface area contributed by atoms with Crippen molar-refractivity contribution in [3.05, 3.63) is 50.5 Å². The Balaban J connectivity index is 2.09. The Morgan fingerprint density at radius 2 is 2.12 bits per heavy atom. The number of ether oxygens (including phenoxy) is 1. The number of methoxy groups -OCH3 is 1. The Kier molecular flexibility index (Phi) is 4.54. The molecule has 0 bridgehead atoms. The van der Waals surface area contributed by atoms with Gasteiger partial charge in [0.15, 0.2) is 5.76 Å². The number of fused-ring (bicyclic) bond motifs is 1. The van der Waals surface area contributed by atoms with E-state index < -0.39 is 5.56 Å². The number of carbonyl (C=O) groups is 1. The number of anilines is 1. The van der Waals surface area contributed by atoms with E-state index >= 15 is 0 Å². The van der Waals surface area contributed by atoms with Crippen LogP contribution in [0.15, 0.2) is 34.4 Å². The molecule has 7 nitrogen and oxygen atoms in total. The zero-order valence-electron chi connectivity index (χ0n) is 14.1. The van der Waals surface area contributed by atoms with Gasteiger partial charge in [-0.2, -0.15) is 14.6 Å². The number of hydrogen-bond acceptors (Lipinski definition) is 7. The lowest BCUT2D eigenvalue weighted by atomic mass is 10.0. The molecule has 0 unspecified atom stereocenters. The Labute approximate surface area is 148 Å². The minimum Gasteiger partial charge on any atom is -0.493 e. The van der Waals surface area contributed by atoms with Gasteiger partial charge in [0.1, 0.15) is 10.8 Å². The molecule has 2 aromatic heterocycles. The molecule has 0 atom stereocenters. The van der Waals surface area contributed by atoms with Gasteiger partial charge in [0, 0.05) is 6.42 Å². The van der Waals surface area contributed by atoms with Gasteiger partial charge in [-0.3, -0.25) is 9.59 Å². The number of nitrogens with two attached hydrogens (primary N) is 1. The van der Waals surface area contributed by atoms with Gasteiger partial charge in [-0.25, -0.2) is 0 Å². The second kappa shape index (κ2) is 6.64. The van der Waals surface area contributed by atoms with Crippen LogP contribution in [0.4, 0.5) is 5.82 Å². The second-order valence-electron chi connectivity index (χ2n) is 6.06. The monoisotopic (exact) mass is 358 g/mol. The highest BCUT2D eigenvalue weighted by molar-refractivity contribution is 7.16. The molecule has 0 aliphatic heterocycles. The summed E-state index contributed by atoms with van der Waals surface area (Å²) in [6.07, 6.45) is 6.92. The Hall–Kier alpha value is -2.74. The van der Waals surface area contributed by atoms with Crippen LogP contribution in [0, 0.1) is 5.92 Å². The van der Waals surface area contributed by atoms with Crippen LogP contribution in [-0.2, 0) is 16.0 Å². The van der Waals surface area contributed by atoms with Gasteiger partial charge in [0.2, 0.25) is 10.7 Å². The first-order valence-electron chi connectivity index (χ1n) is 7.77. The first-order valence-corrected chi connectivity index (χ1v) is 8.58. The molecule has 8 heteroatoms. The van der Waals surface area contributed by atoms with Gasteiger partial charge in [-0.1, -0.05) is 31.3 Å². The lowest BCUT2D eigenvalue weighted by Gasteiger charge is -2.08. The summed E-state index contributed by atoms with van der Waals surface area (Å²) in [6.45, 7) is 4.19. The highest BCUT2D eigenvalue weighted by atomic mass is 32.1. The van der Waals surface area contributed by atoms with E-state index in [1.165, 1.54) is 29.0 Å². The van der Waals surface area contributed by atoms with E-state index in [4.69, 9.17) is 10.5 Å². The predicted octanol–water partition coefficient (Wildman–Crippen LogP) is 1.98. The minimum absolute atomic E-state index is 0.203. The van der Waals surface area contributed by atoms with Crippen LogP contribution in [0.2, 0.25) is 0 Å². The third-order valence-corrected chi connectivity index (χ3v) is 4.55. The summed E-state index contributed by atoms with van der Waals surface area (Å²) in [5.74, 6) is 0.648. The molecule has 1 aliphatic carbocycles. The standard InChI is InChI=1S/C17H18N4O3S/c1-9(2)6-14-20-21-15(18)11(16(23)19-17(21)25-14)7-10-4-5-12(22)13(8-10)24-3/h4-5,7-9H,6,18H2,1-3H3. The number of nitrogen functional groups attached to an aromatic ring is 1. The quantitative estimate of drug-likeness (QED) is 0.897. The minimum atomic E-state index is -0.428. The first kappa shape index (κ1) is 17.1. The summed E-state index contributed by atoms with van der Waals surface area (Å²) in [5.41, 5.74) is 6.59. The van der Waals surface area contributed by atoms with Gasteiger partial charge in [-0.15, -0.1) is 0 Å². The van der Waals surface area contributed by atoms with Crippen LogP contribution in [0.25, 0.3) is 11.0 Å². The van der Waals surface area contributed by atoms with Crippen molar-refractivity contribution in [1.82, 2.24) is 14.6 Å². The number of ketones is 1. The zero-order chi connectivity index (χ0) is 18.1. The fourth-order valence-electron chi connectivity index (χ4n) is 2.43. The third-order valence-electron chi connectivity index (χ3n) is 3.62. The van der Waals surface area contributed by atoms with E-state index in [0.29, 0.717) is 16.5 Å². The number of hydrogen-bond donors (Lipinski definition) is 1. The fraction of sp³-hybridized carbons (Fsp3) is 0.294. The van der Waals surface area contributed by atoms with Gasteiger partial charge in [0.25, 0.3) is 5.56 Å². The van der Waals surface area contributed by atoms with Crippen molar-refractivity contribution in [2.45, 2.75) is 20.3 Å². The molecule has 0 fully saturated rings. The van der Waals surface area contributed by atoms with Gasteiger partial charge < -0.3 is 10.5 Å². The molecule has 2 aromatic rings. The number of carbonyl (C=O) groups excluding carboxylic acids is 1.